The van der Waals surface area contributed by atoms with Crippen molar-refractivity contribution in [2.45, 2.75) is 4.32 Å². The van der Waals surface area contributed by atoms with Gasteiger partial charge in [0.05, 0.1) is 63.1 Å². The molecule has 12 nitrogen and oxygen atoms in total. The summed E-state index contributed by atoms with van der Waals surface area (Å²) < 4.78 is 15.2. The molecule has 0 aliphatic carbocycles. The van der Waals surface area contributed by atoms with E-state index in [9.17, 15) is 0 Å². The van der Waals surface area contributed by atoms with E-state index in [0.717, 1.165) is 73.3 Å². The van der Waals surface area contributed by atoms with Crippen molar-refractivity contribution in [3.8, 4) is 55.0 Å². The molecule has 1 unspecified atom stereocenters. The lowest BCUT2D eigenvalue weighted by molar-refractivity contribution is -0.117. The molecule has 0 aliphatic rings. The maximum atomic E-state index is 15.1. The highest BCUT2D eigenvalue weighted by Crippen LogP contribution is 2.53. The van der Waals surface area contributed by atoms with Crippen molar-refractivity contribution in [3.05, 3.63) is 173 Å². The van der Waals surface area contributed by atoms with Gasteiger partial charge in [0.15, 0.2) is 17.6 Å². The average Bonchev–Trinajstić information content (AvgIpc) is 4.36. The number of anilines is 2. The van der Waals surface area contributed by atoms with E-state index in [1.165, 1.54) is 40.4 Å². The zero-order chi connectivity index (χ0) is 50.5. The largest absolute Gasteiger partial charge is 0.443 e. The van der Waals surface area contributed by atoms with Gasteiger partial charge in [-0.2, -0.15) is 0 Å². The lowest BCUT2D eigenvalue weighted by atomic mass is 9.90. The van der Waals surface area contributed by atoms with Crippen LogP contribution < -0.4 is 10.2 Å². The first kappa shape index (κ1) is 45.8. The minimum absolute atomic E-state index is 0.369. The first-order chi connectivity index (χ1) is 36.7. The third-order valence-electron chi connectivity index (χ3n) is 12.9. The summed E-state index contributed by atoms with van der Waals surface area (Å²) >= 11 is 16.5. The van der Waals surface area contributed by atoms with Gasteiger partial charge in [-0.1, -0.05) is 100 Å². The second-order valence-corrected chi connectivity index (χ2v) is 23.4. The molecule has 0 spiro atoms. The number of nitrogens with one attached hydrogen (secondary N) is 1. The fourth-order valence-electron chi connectivity index (χ4n) is 9.56. The summed E-state index contributed by atoms with van der Waals surface area (Å²) in [7, 11) is 4.02. The van der Waals surface area contributed by atoms with Gasteiger partial charge in [0.1, 0.15) is 42.1 Å². The van der Waals surface area contributed by atoms with Gasteiger partial charge in [-0.15, -0.1) is 45.3 Å². The molecule has 1 amide bonds. The second kappa shape index (κ2) is 18.0. The number of pyridine rings is 1. The van der Waals surface area contributed by atoms with Crippen molar-refractivity contribution in [1.82, 2.24) is 34.9 Å². The van der Waals surface area contributed by atoms with Crippen LogP contribution in [0.3, 0.4) is 0 Å². The van der Waals surface area contributed by atoms with Gasteiger partial charge in [0.2, 0.25) is 10.2 Å². The summed E-state index contributed by atoms with van der Waals surface area (Å²) in [5.41, 5.74) is 12.3. The van der Waals surface area contributed by atoms with Crippen LogP contribution in [0.1, 0.15) is 10.0 Å². The third kappa shape index (κ3) is 7.47. The van der Waals surface area contributed by atoms with Gasteiger partial charge in [0, 0.05) is 37.0 Å². The van der Waals surface area contributed by atoms with E-state index in [1.807, 2.05) is 135 Å². The molecule has 0 fully saturated rings. The van der Waals surface area contributed by atoms with E-state index in [1.54, 1.807) is 23.6 Å². The highest BCUT2D eigenvalue weighted by molar-refractivity contribution is 9.10. The molecule has 0 saturated carbocycles. The smallest absolute Gasteiger partial charge is 0.255 e. The number of para-hydroxylation sites is 6. The number of fused-ring (bicyclic) bond motifs is 6. The molecule has 75 heavy (non-hydrogen) atoms. The summed E-state index contributed by atoms with van der Waals surface area (Å²) in [6, 6.07) is 47.2. The fourth-order valence-corrected chi connectivity index (χ4v) is 14.8. The summed E-state index contributed by atoms with van der Waals surface area (Å²) in [4.78, 5) is 52.8. The van der Waals surface area contributed by atoms with Gasteiger partial charge in [-0.25, -0.2) is 29.9 Å². The highest BCUT2D eigenvalue weighted by Gasteiger charge is 2.46. The van der Waals surface area contributed by atoms with E-state index in [2.05, 4.69) is 44.3 Å². The SMILES string of the molecule is CN(C)c1c(-c2nc3ccccc3o2)c(-c2ncccc2-c2nc3c(-c4nc5c(NC(=O)C(Br)(c6nc7ccccc7s6)c6nc7c(Cl)cccc7s6)cccc5s4)cccc3s2)c2ocnc2c1-c1ccccc1. The highest BCUT2D eigenvalue weighted by atomic mass is 79.9. The minimum Gasteiger partial charge on any atom is -0.443 e. The Morgan fingerprint density at radius 1 is 0.600 bits per heavy atom. The van der Waals surface area contributed by atoms with Crippen LogP contribution in [-0.4, -0.2) is 54.9 Å². The van der Waals surface area contributed by atoms with Crippen LogP contribution in [0.5, 0.6) is 0 Å². The van der Waals surface area contributed by atoms with Crippen LogP contribution >= 0.6 is 72.9 Å². The van der Waals surface area contributed by atoms with Crippen LogP contribution in [-0.2, 0) is 9.12 Å². The lowest BCUT2D eigenvalue weighted by Gasteiger charge is -2.24. The van der Waals surface area contributed by atoms with E-state index in [4.69, 9.17) is 55.3 Å². The van der Waals surface area contributed by atoms with Gasteiger partial charge >= 0.3 is 0 Å². The predicted molar refractivity (Wildman–Crippen MR) is 310 cm³/mol. The number of aromatic nitrogens is 7. The molecule has 14 aromatic rings. The van der Waals surface area contributed by atoms with Crippen molar-refractivity contribution in [3.63, 3.8) is 0 Å². The molecule has 14 rings (SSSR count). The maximum Gasteiger partial charge on any atom is 0.255 e. The summed E-state index contributed by atoms with van der Waals surface area (Å²) in [6.07, 6.45) is 3.26. The molecule has 1 N–H and O–H groups in total. The number of carbonyl (C=O) groups is 1. The van der Waals surface area contributed by atoms with E-state index >= 15 is 4.79 Å². The molecule has 7 aromatic carbocycles. The van der Waals surface area contributed by atoms with Crippen LogP contribution in [0.2, 0.25) is 5.02 Å². The normalized spacial score (nSPS) is 12.7. The summed E-state index contributed by atoms with van der Waals surface area (Å²) in [5, 5.41) is 6.28. The average molecular weight is 1140 g/mol. The summed E-state index contributed by atoms with van der Waals surface area (Å²) in [6.45, 7) is 0. The number of hydrogen-bond acceptors (Lipinski definition) is 15. The first-order valence-corrected chi connectivity index (χ1v) is 27.8. The first-order valence-electron chi connectivity index (χ1n) is 23.4. The Morgan fingerprint density at radius 2 is 1.27 bits per heavy atom. The number of halogens is 2. The molecule has 0 saturated heterocycles. The van der Waals surface area contributed by atoms with Crippen molar-refractivity contribution < 1.29 is 13.6 Å². The molecule has 362 valence electrons. The monoisotopic (exact) mass is 1130 g/mol. The number of oxazole rings is 2. The number of alkyl halides is 1. The van der Waals surface area contributed by atoms with Crippen LogP contribution in [0.25, 0.3) is 118 Å². The number of thiazole rings is 4. The Balaban J connectivity index is 0.888. The van der Waals surface area contributed by atoms with Crippen molar-refractivity contribution in [1.29, 1.82) is 0 Å². The van der Waals surface area contributed by atoms with Crippen molar-refractivity contribution >= 4 is 153 Å². The Hall–Kier alpha value is -7.77. The number of amides is 1. The lowest BCUT2D eigenvalue weighted by Crippen LogP contribution is -2.36. The van der Waals surface area contributed by atoms with Gasteiger partial charge in [0.25, 0.3) is 5.91 Å². The molecule has 0 aliphatic heterocycles. The maximum absolute atomic E-state index is 15.1. The molecule has 18 heteroatoms. The Kier molecular flexibility index (Phi) is 11.0. The van der Waals surface area contributed by atoms with Crippen molar-refractivity contribution in [2.75, 3.05) is 24.3 Å². The van der Waals surface area contributed by atoms with Crippen LogP contribution in [0.15, 0.2) is 167 Å². The quantitative estimate of drug-likeness (QED) is 0.130. The molecule has 7 heterocycles. The van der Waals surface area contributed by atoms with Gasteiger partial charge in [-0.05, 0) is 78.4 Å². The van der Waals surface area contributed by atoms with E-state index in [0.29, 0.717) is 71.2 Å². The number of rotatable bonds is 10. The van der Waals surface area contributed by atoms with Gasteiger partial charge in [-0.3, -0.25) is 9.78 Å². The second-order valence-electron chi connectivity index (χ2n) is 17.7. The van der Waals surface area contributed by atoms with Gasteiger partial charge < -0.3 is 19.1 Å². The standard InChI is InChI=1S/C57H33BrClN9O3S4/c1-68(2)49-41(29-14-4-3-5-15-29)48-50(70-28-61-48)42(43(49)51-62-33-19-6-8-22-36(33)71-51)45-31(17-13-27-60-45)53-65-44-30(16-10-24-38(44)72-53)52-66-47-35(21-12-26-40(47)73-52)63-54(69)57(58,55-64-34-20-7-9-23-37(34)74-55)56-67-46-32(59)18-11-25-39(46)75-56/h3-28H,1-2H3,(H,63,69). The molecule has 0 radical (unpaired) electrons. The number of benzene rings is 7. The Bertz CT molecular complexity index is 4540. The molecule has 7 aromatic heterocycles. The number of hydrogen-bond donors (Lipinski definition) is 1. The zero-order valence-electron chi connectivity index (χ0n) is 39.2. The zero-order valence-corrected chi connectivity index (χ0v) is 44.8. The van der Waals surface area contributed by atoms with Crippen molar-refractivity contribution in [2.24, 2.45) is 0 Å². The fraction of sp³-hybridized carbons (Fsp3) is 0.0526. The number of carbonyl (C=O) groups excluding carboxylic acids is 1. The summed E-state index contributed by atoms with van der Waals surface area (Å²) in [5.74, 6) is 0.0479. The topological polar surface area (TPSA) is 149 Å². The number of nitrogens with zero attached hydrogens (tertiary/aromatic N) is 8. The molecule has 0 bridgehead atoms. The van der Waals surface area contributed by atoms with E-state index < -0.39 is 4.32 Å². The predicted octanol–water partition coefficient (Wildman–Crippen LogP) is 16.1. The van der Waals surface area contributed by atoms with Crippen LogP contribution in [0.4, 0.5) is 11.4 Å². The minimum atomic E-state index is -1.46. The third-order valence-corrected chi connectivity index (χ3v) is 19.3. The molecular weight excluding hydrogens is 1100 g/mol. The molecule has 1 atom stereocenters. The van der Waals surface area contributed by atoms with E-state index in [-0.39, 0.29) is 5.91 Å². The van der Waals surface area contributed by atoms with Crippen LogP contribution in [0, 0.1) is 0 Å². The molecular formula is C57H33BrClN9O3S4. The Labute approximate surface area is 455 Å². The Morgan fingerprint density at radius 3 is 2.07 bits per heavy atom.